The lowest BCUT2D eigenvalue weighted by molar-refractivity contribution is 0.0393. The van der Waals surface area contributed by atoms with Crippen LogP contribution in [-0.4, -0.2) is 44.6 Å². The van der Waals surface area contributed by atoms with Crippen molar-refractivity contribution in [3.8, 4) is 11.1 Å². The van der Waals surface area contributed by atoms with E-state index in [2.05, 4.69) is 5.32 Å². The molecule has 1 aliphatic heterocycles. The fourth-order valence-corrected chi connectivity index (χ4v) is 7.54. The molecule has 32 heavy (non-hydrogen) atoms. The second-order valence-electron chi connectivity index (χ2n) is 9.50. The van der Waals surface area contributed by atoms with E-state index in [0.29, 0.717) is 49.0 Å². The number of fused-ring (bicyclic) bond motifs is 2. The van der Waals surface area contributed by atoms with Crippen molar-refractivity contribution in [2.24, 2.45) is 11.8 Å². The molecular weight excluding hydrogens is 427 g/mol. The Kier molecular flexibility index (Phi) is 6.09. The van der Waals surface area contributed by atoms with Crippen LogP contribution in [0.25, 0.3) is 11.1 Å². The summed E-state index contributed by atoms with van der Waals surface area (Å²) in [6.45, 7) is 3.42. The van der Waals surface area contributed by atoms with Crippen molar-refractivity contribution < 1.29 is 17.5 Å². The number of nitrogens with zero attached hydrogens (tertiary/aromatic N) is 1. The average Bonchev–Trinajstić information content (AvgIpc) is 3.42. The van der Waals surface area contributed by atoms with Gasteiger partial charge in [0, 0.05) is 36.3 Å². The molecule has 1 heterocycles. The highest BCUT2D eigenvalue weighted by Gasteiger charge is 2.39. The van der Waals surface area contributed by atoms with Gasteiger partial charge in [-0.05, 0) is 55.7 Å². The summed E-state index contributed by atoms with van der Waals surface area (Å²) in [5, 5.41) is 3.56. The lowest BCUT2D eigenvalue weighted by Gasteiger charge is -2.32. The Morgan fingerprint density at radius 2 is 2.00 bits per heavy atom. The van der Waals surface area contributed by atoms with Crippen LogP contribution in [0, 0.1) is 17.7 Å². The molecule has 172 valence electrons. The molecule has 0 radical (unpaired) electrons. The third kappa shape index (κ3) is 4.12. The molecule has 1 saturated heterocycles. The van der Waals surface area contributed by atoms with Crippen LogP contribution in [0.15, 0.2) is 47.4 Å². The van der Waals surface area contributed by atoms with Crippen LogP contribution in [0.4, 0.5) is 4.39 Å². The maximum Gasteiger partial charge on any atom is 0.244 e. The second kappa shape index (κ2) is 8.86. The van der Waals surface area contributed by atoms with E-state index in [-0.39, 0.29) is 16.8 Å². The van der Waals surface area contributed by atoms with Gasteiger partial charge in [0.25, 0.3) is 0 Å². The zero-order valence-corrected chi connectivity index (χ0v) is 19.3. The molecule has 7 heteroatoms. The van der Waals surface area contributed by atoms with Crippen molar-refractivity contribution >= 4 is 10.0 Å². The van der Waals surface area contributed by atoms with Gasteiger partial charge in [-0.3, -0.25) is 0 Å². The van der Waals surface area contributed by atoms with Crippen LogP contribution in [-0.2, 0) is 21.3 Å². The molecule has 2 bridgehead atoms. The lowest BCUT2D eigenvalue weighted by Crippen LogP contribution is -2.47. The summed E-state index contributed by atoms with van der Waals surface area (Å²) in [6, 6.07) is 12.2. The monoisotopic (exact) mass is 458 g/mol. The lowest BCUT2D eigenvalue weighted by atomic mass is 9.95. The van der Waals surface area contributed by atoms with Crippen LogP contribution in [0.3, 0.4) is 0 Å². The fourth-order valence-electron chi connectivity index (χ4n) is 5.72. The molecule has 4 atom stereocenters. The molecule has 2 aromatic carbocycles. The van der Waals surface area contributed by atoms with Crippen molar-refractivity contribution in [1.82, 2.24) is 9.62 Å². The number of ether oxygens (including phenoxy) is 1. The normalized spacial score (nSPS) is 28.3. The number of nitrogens with one attached hydrogen (secondary N) is 1. The number of halogens is 1. The van der Waals surface area contributed by atoms with Crippen molar-refractivity contribution in [2.75, 3.05) is 19.8 Å². The van der Waals surface area contributed by atoms with E-state index < -0.39 is 10.0 Å². The summed E-state index contributed by atoms with van der Waals surface area (Å²) >= 11 is 0. The minimum absolute atomic E-state index is 0.209. The molecule has 2 aliphatic carbocycles. The van der Waals surface area contributed by atoms with E-state index in [1.165, 1.54) is 36.1 Å². The predicted octanol–water partition coefficient (Wildman–Crippen LogP) is 4.18. The Labute approximate surface area is 190 Å². The molecule has 3 aliphatic rings. The summed E-state index contributed by atoms with van der Waals surface area (Å²) < 4.78 is 48.8. The maximum absolute atomic E-state index is 15.0. The predicted molar refractivity (Wildman–Crippen MR) is 122 cm³/mol. The molecule has 5 nitrogen and oxygen atoms in total. The third-order valence-electron chi connectivity index (χ3n) is 7.44. The van der Waals surface area contributed by atoms with Crippen molar-refractivity contribution in [3.63, 3.8) is 0 Å². The second-order valence-corrected chi connectivity index (χ2v) is 11.4. The molecule has 3 fully saturated rings. The molecule has 3 unspecified atom stereocenters. The highest BCUT2D eigenvalue weighted by molar-refractivity contribution is 7.89. The SMILES string of the molecule is C[C@@H]1COCCN1S(=O)(=O)c1ccccc1-c1ccc(CNC2CC3CCC2C3)c(F)c1. The van der Waals surface area contributed by atoms with E-state index in [9.17, 15) is 8.42 Å². The largest absolute Gasteiger partial charge is 0.378 e. The van der Waals surface area contributed by atoms with Crippen LogP contribution >= 0.6 is 0 Å². The molecule has 0 amide bonds. The molecule has 5 rings (SSSR count). The van der Waals surface area contributed by atoms with E-state index in [1.54, 1.807) is 30.3 Å². The van der Waals surface area contributed by atoms with E-state index in [0.717, 1.165) is 11.8 Å². The fraction of sp³-hybridized carbons (Fsp3) is 0.520. The van der Waals surface area contributed by atoms with Gasteiger partial charge in [-0.1, -0.05) is 36.8 Å². The summed E-state index contributed by atoms with van der Waals surface area (Å²) in [6.07, 6.45) is 5.15. The third-order valence-corrected chi connectivity index (χ3v) is 9.51. The molecule has 0 aromatic heterocycles. The first kappa shape index (κ1) is 22.0. The highest BCUT2D eigenvalue weighted by atomic mass is 32.2. The van der Waals surface area contributed by atoms with Crippen molar-refractivity contribution in [2.45, 2.75) is 56.1 Å². The Hall–Kier alpha value is -1.80. The molecule has 2 aromatic rings. The Bertz CT molecular complexity index is 1090. The van der Waals surface area contributed by atoms with E-state index in [4.69, 9.17) is 4.74 Å². The summed E-state index contributed by atoms with van der Waals surface area (Å²) in [7, 11) is -3.72. The van der Waals surface area contributed by atoms with Gasteiger partial charge >= 0.3 is 0 Å². The Morgan fingerprint density at radius 3 is 2.72 bits per heavy atom. The average molecular weight is 459 g/mol. The van der Waals surface area contributed by atoms with Gasteiger partial charge < -0.3 is 10.1 Å². The van der Waals surface area contributed by atoms with Gasteiger partial charge in [-0.2, -0.15) is 4.31 Å². The van der Waals surface area contributed by atoms with E-state index in [1.807, 2.05) is 13.0 Å². The quantitative estimate of drug-likeness (QED) is 0.706. The zero-order valence-electron chi connectivity index (χ0n) is 18.5. The topological polar surface area (TPSA) is 58.6 Å². The number of benzene rings is 2. The molecule has 1 N–H and O–H groups in total. The van der Waals surface area contributed by atoms with E-state index >= 15 is 4.39 Å². The highest BCUT2D eigenvalue weighted by Crippen LogP contribution is 2.44. The summed E-state index contributed by atoms with van der Waals surface area (Å²) in [4.78, 5) is 0.209. The number of morpholine rings is 1. The van der Waals surface area contributed by atoms with Crippen LogP contribution in [0.1, 0.15) is 38.2 Å². The first-order chi connectivity index (χ1) is 15.4. The number of hydrogen-bond donors (Lipinski definition) is 1. The minimum Gasteiger partial charge on any atom is -0.378 e. The van der Waals surface area contributed by atoms with Gasteiger partial charge in [-0.15, -0.1) is 0 Å². The standard InChI is InChI=1S/C25H31FN2O3S/c1-17-16-31-11-10-28(17)32(29,30)25-5-3-2-4-22(25)19-8-9-21(23(26)14-19)15-27-24-13-18-6-7-20(24)12-18/h2-5,8-9,14,17-18,20,24,27H,6-7,10-13,15-16H2,1H3/t17-,18?,20?,24?/m1/s1. The number of rotatable bonds is 6. The van der Waals surface area contributed by atoms with Crippen LogP contribution in [0.2, 0.25) is 0 Å². The maximum atomic E-state index is 15.0. The van der Waals surface area contributed by atoms with Crippen molar-refractivity contribution in [1.29, 1.82) is 0 Å². The first-order valence-corrected chi connectivity index (χ1v) is 13.1. The van der Waals surface area contributed by atoms with Crippen LogP contribution in [0.5, 0.6) is 0 Å². The van der Waals surface area contributed by atoms with Gasteiger partial charge in [0.2, 0.25) is 10.0 Å². The van der Waals surface area contributed by atoms with Gasteiger partial charge in [0.15, 0.2) is 0 Å². The summed E-state index contributed by atoms with van der Waals surface area (Å²) in [5.74, 6) is 1.28. The molecule has 0 spiro atoms. The first-order valence-electron chi connectivity index (χ1n) is 11.6. The van der Waals surface area contributed by atoms with Gasteiger partial charge in [0.05, 0.1) is 18.1 Å². The van der Waals surface area contributed by atoms with Crippen molar-refractivity contribution in [3.05, 3.63) is 53.8 Å². The number of hydrogen-bond acceptors (Lipinski definition) is 4. The Balaban J connectivity index is 1.38. The zero-order chi connectivity index (χ0) is 22.3. The van der Waals surface area contributed by atoms with Gasteiger partial charge in [0.1, 0.15) is 5.82 Å². The number of sulfonamides is 1. The summed E-state index contributed by atoms with van der Waals surface area (Å²) in [5.41, 5.74) is 1.72. The smallest absolute Gasteiger partial charge is 0.244 e. The molecular formula is C25H31FN2O3S. The van der Waals surface area contributed by atoms with Gasteiger partial charge in [-0.25, -0.2) is 12.8 Å². The Morgan fingerprint density at radius 1 is 1.16 bits per heavy atom. The van der Waals surface area contributed by atoms with Crippen LogP contribution < -0.4 is 5.32 Å². The minimum atomic E-state index is -3.72. The molecule has 2 saturated carbocycles.